The summed E-state index contributed by atoms with van der Waals surface area (Å²) in [5.41, 5.74) is 0. The lowest BCUT2D eigenvalue weighted by atomic mass is 10.3. The SMILES string of the molecule is CCCNc1ncc(F)c(Oc2cc(Cl)cc(Cl)c2)n1. The number of benzene rings is 1. The highest BCUT2D eigenvalue weighted by atomic mass is 35.5. The van der Waals surface area contributed by atoms with Gasteiger partial charge in [-0.2, -0.15) is 9.37 Å². The lowest BCUT2D eigenvalue weighted by Gasteiger charge is -2.08. The Morgan fingerprint density at radius 3 is 2.60 bits per heavy atom. The summed E-state index contributed by atoms with van der Waals surface area (Å²) in [6.07, 6.45) is 1.95. The molecule has 106 valence electrons. The van der Waals surface area contributed by atoms with Gasteiger partial charge in [-0.3, -0.25) is 0 Å². The number of ether oxygens (including phenoxy) is 1. The molecule has 0 unspecified atom stereocenters. The van der Waals surface area contributed by atoms with E-state index in [4.69, 9.17) is 27.9 Å². The average molecular weight is 316 g/mol. The van der Waals surface area contributed by atoms with E-state index in [-0.39, 0.29) is 5.88 Å². The molecule has 0 bridgehead atoms. The molecule has 1 aromatic heterocycles. The van der Waals surface area contributed by atoms with E-state index in [0.29, 0.717) is 28.3 Å². The van der Waals surface area contributed by atoms with Gasteiger partial charge in [0.15, 0.2) is 0 Å². The number of nitrogens with one attached hydrogen (secondary N) is 1. The summed E-state index contributed by atoms with van der Waals surface area (Å²) >= 11 is 11.7. The van der Waals surface area contributed by atoms with Crippen molar-refractivity contribution in [2.75, 3.05) is 11.9 Å². The van der Waals surface area contributed by atoms with Gasteiger partial charge in [0.25, 0.3) is 5.88 Å². The first-order valence-corrected chi connectivity index (χ1v) is 6.74. The Labute approximate surface area is 125 Å². The molecule has 20 heavy (non-hydrogen) atoms. The van der Waals surface area contributed by atoms with Crippen LogP contribution in [0.3, 0.4) is 0 Å². The summed E-state index contributed by atoms with van der Waals surface area (Å²) in [6, 6.07) is 4.60. The van der Waals surface area contributed by atoms with Crippen LogP contribution < -0.4 is 10.1 Å². The Bertz CT molecular complexity index is 590. The van der Waals surface area contributed by atoms with Gasteiger partial charge in [-0.15, -0.1) is 0 Å². The van der Waals surface area contributed by atoms with Crippen LogP contribution in [0.25, 0.3) is 0 Å². The zero-order chi connectivity index (χ0) is 14.5. The first-order chi connectivity index (χ1) is 9.58. The minimum absolute atomic E-state index is 0.183. The molecule has 0 spiro atoms. The van der Waals surface area contributed by atoms with Gasteiger partial charge in [0.2, 0.25) is 11.8 Å². The van der Waals surface area contributed by atoms with Crippen molar-refractivity contribution in [1.82, 2.24) is 9.97 Å². The van der Waals surface area contributed by atoms with Crippen LogP contribution in [-0.2, 0) is 0 Å². The first-order valence-electron chi connectivity index (χ1n) is 5.99. The Morgan fingerprint density at radius 2 is 1.95 bits per heavy atom. The lowest BCUT2D eigenvalue weighted by molar-refractivity contribution is 0.420. The molecule has 0 saturated carbocycles. The van der Waals surface area contributed by atoms with Gasteiger partial charge in [-0.25, -0.2) is 4.98 Å². The van der Waals surface area contributed by atoms with Crippen LogP contribution in [0.1, 0.15) is 13.3 Å². The first kappa shape index (κ1) is 14.8. The molecule has 0 aliphatic carbocycles. The number of anilines is 1. The van der Waals surface area contributed by atoms with Gasteiger partial charge >= 0.3 is 0 Å². The van der Waals surface area contributed by atoms with E-state index in [1.54, 1.807) is 6.07 Å². The number of aromatic nitrogens is 2. The molecule has 2 aromatic rings. The van der Waals surface area contributed by atoms with Gasteiger partial charge in [-0.05, 0) is 24.6 Å². The summed E-state index contributed by atoms with van der Waals surface area (Å²) in [7, 11) is 0. The molecule has 4 nitrogen and oxygen atoms in total. The highest BCUT2D eigenvalue weighted by Crippen LogP contribution is 2.28. The monoisotopic (exact) mass is 315 g/mol. The van der Waals surface area contributed by atoms with Crippen molar-refractivity contribution in [3.05, 3.63) is 40.3 Å². The van der Waals surface area contributed by atoms with Crippen molar-refractivity contribution in [3.8, 4) is 11.6 Å². The van der Waals surface area contributed by atoms with Crippen molar-refractivity contribution in [2.45, 2.75) is 13.3 Å². The maximum absolute atomic E-state index is 13.6. The second-order valence-electron chi connectivity index (χ2n) is 3.98. The van der Waals surface area contributed by atoms with Crippen LogP contribution in [0.2, 0.25) is 10.0 Å². The Balaban J connectivity index is 2.23. The maximum atomic E-state index is 13.6. The van der Waals surface area contributed by atoms with Crippen molar-refractivity contribution in [3.63, 3.8) is 0 Å². The molecule has 0 fully saturated rings. The zero-order valence-electron chi connectivity index (χ0n) is 10.7. The van der Waals surface area contributed by atoms with Crippen LogP contribution in [0, 0.1) is 5.82 Å². The third-order valence-corrected chi connectivity index (χ3v) is 2.73. The molecule has 0 radical (unpaired) electrons. The molecule has 0 amide bonds. The number of nitrogens with zero attached hydrogens (tertiary/aromatic N) is 2. The summed E-state index contributed by atoms with van der Waals surface area (Å²) in [5, 5.41) is 3.74. The minimum Gasteiger partial charge on any atom is -0.436 e. The fraction of sp³-hybridized carbons (Fsp3) is 0.231. The minimum atomic E-state index is -0.664. The lowest BCUT2D eigenvalue weighted by Crippen LogP contribution is -2.05. The molecule has 1 aromatic carbocycles. The number of halogens is 3. The van der Waals surface area contributed by atoms with Crippen LogP contribution in [0.5, 0.6) is 11.6 Å². The highest BCUT2D eigenvalue weighted by molar-refractivity contribution is 6.34. The highest BCUT2D eigenvalue weighted by Gasteiger charge is 2.10. The number of hydrogen-bond donors (Lipinski definition) is 1. The standard InChI is InChI=1S/C13H12Cl2FN3O/c1-2-3-17-13-18-7-11(16)12(19-13)20-10-5-8(14)4-9(15)6-10/h4-7H,2-3H2,1H3,(H,17,18,19). The summed E-state index contributed by atoms with van der Waals surface area (Å²) < 4.78 is 19.0. The van der Waals surface area contributed by atoms with Crippen LogP contribution >= 0.6 is 23.2 Å². The zero-order valence-corrected chi connectivity index (χ0v) is 12.2. The van der Waals surface area contributed by atoms with E-state index in [1.165, 1.54) is 12.1 Å². The smallest absolute Gasteiger partial charge is 0.260 e. The molecule has 0 aliphatic heterocycles. The molecule has 1 N–H and O–H groups in total. The van der Waals surface area contributed by atoms with Gasteiger partial charge in [0, 0.05) is 16.6 Å². The molecular formula is C13H12Cl2FN3O. The second-order valence-corrected chi connectivity index (χ2v) is 4.85. The third-order valence-electron chi connectivity index (χ3n) is 2.30. The van der Waals surface area contributed by atoms with Gasteiger partial charge in [0.05, 0.1) is 6.20 Å². The largest absolute Gasteiger partial charge is 0.436 e. The fourth-order valence-electron chi connectivity index (χ4n) is 1.44. The van der Waals surface area contributed by atoms with Gasteiger partial charge in [0.1, 0.15) is 5.75 Å². The van der Waals surface area contributed by atoms with Crippen molar-refractivity contribution < 1.29 is 9.13 Å². The molecule has 0 aliphatic rings. The molecule has 7 heteroatoms. The van der Waals surface area contributed by atoms with E-state index in [1.807, 2.05) is 6.92 Å². The Morgan fingerprint density at radius 1 is 1.25 bits per heavy atom. The maximum Gasteiger partial charge on any atom is 0.260 e. The quantitative estimate of drug-likeness (QED) is 0.880. The van der Waals surface area contributed by atoms with Crippen LogP contribution in [-0.4, -0.2) is 16.5 Å². The summed E-state index contributed by atoms with van der Waals surface area (Å²) in [5.74, 6) is -0.238. The van der Waals surface area contributed by atoms with Crippen molar-refractivity contribution in [2.24, 2.45) is 0 Å². The topological polar surface area (TPSA) is 47.0 Å². The second kappa shape index (κ2) is 6.72. The fourth-order valence-corrected chi connectivity index (χ4v) is 1.95. The van der Waals surface area contributed by atoms with E-state index in [9.17, 15) is 4.39 Å². The van der Waals surface area contributed by atoms with Gasteiger partial charge < -0.3 is 10.1 Å². The number of rotatable bonds is 5. The molecule has 2 rings (SSSR count). The molecule has 1 heterocycles. The van der Waals surface area contributed by atoms with E-state index >= 15 is 0 Å². The Kier molecular flexibility index (Phi) is 4.98. The van der Waals surface area contributed by atoms with Crippen LogP contribution in [0.4, 0.5) is 10.3 Å². The Hall–Kier alpha value is -1.59. The average Bonchev–Trinajstić information content (AvgIpc) is 2.38. The van der Waals surface area contributed by atoms with E-state index in [0.717, 1.165) is 12.6 Å². The van der Waals surface area contributed by atoms with Crippen molar-refractivity contribution in [1.29, 1.82) is 0 Å². The predicted molar refractivity (Wildman–Crippen MR) is 77.3 cm³/mol. The molecule has 0 atom stereocenters. The van der Waals surface area contributed by atoms with E-state index in [2.05, 4.69) is 15.3 Å². The third kappa shape index (κ3) is 3.95. The van der Waals surface area contributed by atoms with Crippen molar-refractivity contribution >= 4 is 29.2 Å². The predicted octanol–water partition coefficient (Wildman–Crippen LogP) is 4.54. The van der Waals surface area contributed by atoms with Gasteiger partial charge in [-0.1, -0.05) is 30.1 Å². The number of hydrogen-bond acceptors (Lipinski definition) is 4. The molecule has 0 saturated heterocycles. The van der Waals surface area contributed by atoms with Crippen LogP contribution in [0.15, 0.2) is 24.4 Å². The molecular weight excluding hydrogens is 304 g/mol. The summed E-state index contributed by atoms with van der Waals surface area (Å²) in [6.45, 7) is 2.69. The normalized spacial score (nSPS) is 10.4. The van der Waals surface area contributed by atoms with E-state index < -0.39 is 5.82 Å². The summed E-state index contributed by atoms with van der Waals surface area (Å²) in [4.78, 5) is 7.78.